The van der Waals surface area contributed by atoms with Gasteiger partial charge in [-0.3, -0.25) is 4.79 Å². The number of aromatic nitrogens is 1. The molecule has 0 atom stereocenters. The molecule has 0 aliphatic carbocycles. The summed E-state index contributed by atoms with van der Waals surface area (Å²) in [6.07, 6.45) is 1.44. The summed E-state index contributed by atoms with van der Waals surface area (Å²) in [5, 5.41) is 2.63. The molecule has 1 aromatic heterocycles. The molecule has 1 heterocycles. The predicted molar refractivity (Wildman–Crippen MR) is 84.6 cm³/mol. The number of hydrogen-bond acceptors (Lipinski definition) is 4. The predicted octanol–water partition coefficient (Wildman–Crippen LogP) is 2.08. The van der Waals surface area contributed by atoms with Gasteiger partial charge in [-0.1, -0.05) is 11.6 Å². The maximum absolute atomic E-state index is 12.1. The summed E-state index contributed by atoms with van der Waals surface area (Å²) in [5.74, 6) is -0.233. The van der Waals surface area contributed by atoms with Crippen LogP contribution in [-0.4, -0.2) is 31.4 Å². The number of nitrogens with one attached hydrogen (secondary N) is 2. The second kappa shape index (κ2) is 7.04. The van der Waals surface area contributed by atoms with E-state index in [2.05, 4.69) is 31.0 Å². The third-order valence-electron chi connectivity index (χ3n) is 2.22. The minimum Gasteiger partial charge on any atom is -0.351 e. The summed E-state index contributed by atoms with van der Waals surface area (Å²) in [6, 6.07) is 1.35. The summed E-state index contributed by atoms with van der Waals surface area (Å²) in [7, 11) is -3.81. The van der Waals surface area contributed by atoms with Gasteiger partial charge in [0.2, 0.25) is 15.9 Å². The number of halogens is 2. The summed E-state index contributed by atoms with van der Waals surface area (Å²) in [5.41, 5.74) is -0.354. The average molecular weight is 399 g/mol. The summed E-state index contributed by atoms with van der Waals surface area (Å²) >= 11 is 8.91. The molecule has 6 nitrogen and oxygen atoms in total. The molecule has 0 aromatic carbocycles. The van der Waals surface area contributed by atoms with Gasteiger partial charge in [0.05, 0.1) is 0 Å². The van der Waals surface area contributed by atoms with Crippen LogP contribution >= 0.6 is 27.5 Å². The van der Waals surface area contributed by atoms with E-state index in [0.29, 0.717) is 4.47 Å². The van der Waals surface area contributed by atoms with Crippen molar-refractivity contribution in [1.29, 1.82) is 0 Å². The molecule has 0 bridgehead atoms. The molecule has 21 heavy (non-hydrogen) atoms. The highest BCUT2D eigenvalue weighted by Gasteiger charge is 2.20. The first-order valence-electron chi connectivity index (χ1n) is 6.13. The van der Waals surface area contributed by atoms with Crippen LogP contribution in [0.3, 0.4) is 0 Å². The zero-order valence-corrected chi connectivity index (χ0v) is 15.1. The molecule has 0 fully saturated rings. The highest BCUT2D eigenvalue weighted by Crippen LogP contribution is 2.22. The largest absolute Gasteiger partial charge is 0.351 e. The number of amides is 1. The zero-order chi connectivity index (χ0) is 16.3. The number of nitrogens with zero attached hydrogens (tertiary/aromatic N) is 1. The number of carbonyl (C=O) groups excluding carboxylic acids is 1. The highest BCUT2D eigenvalue weighted by atomic mass is 79.9. The SMILES string of the molecule is CC(C)(C)NC(=O)CCNS(=O)(=O)c1cc(Br)cnc1Cl. The molecule has 0 radical (unpaired) electrons. The Morgan fingerprint density at radius 3 is 2.62 bits per heavy atom. The van der Waals surface area contributed by atoms with Gasteiger partial charge in [0.25, 0.3) is 0 Å². The van der Waals surface area contributed by atoms with E-state index in [0.717, 1.165) is 0 Å². The Morgan fingerprint density at radius 1 is 1.43 bits per heavy atom. The molecule has 0 aliphatic heterocycles. The summed E-state index contributed by atoms with van der Waals surface area (Å²) < 4.78 is 27.0. The third-order valence-corrected chi connectivity index (χ3v) is 4.54. The van der Waals surface area contributed by atoms with Gasteiger partial charge >= 0.3 is 0 Å². The van der Waals surface area contributed by atoms with Gasteiger partial charge in [0.1, 0.15) is 10.0 Å². The van der Waals surface area contributed by atoms with Gasteiger partial charge in [-0.25, -0.2) is 18.1 Å². The van der Waals surface area contributed by atoms with Gasteiger partial charge in [-0.15, -0.1) is 0 Å². The standard InChI is InChI=1S/C12H17BrClN3O3S/c1-12(2,3)17-10(18)4-5-16-21(19,20)9-6-8(13)7-15-11(9)14/h6-7,16H,4-5H2,1-3H3,(H,17,18). The Hall–Kier alpha value is -0.700. The van der Waals surface area contributed by atoms with Crippen molar-refractivity contribution >= 4 is 43.5 Å². The third kappa shape index (κ3) is 6.29. The molecule has 0 unspecified atom stereocenters. The molecule has 0 saturated heterocycles. The quantitative estimate of drug-likeness (QED) is 0.743. The molecule has 118 valence electrons. The topological polar surface area (TPSA) is 88.2 Å². The van der Waals surface area contributed by atoms with E-state index in [1.165, 1.54) is 12.3 Å². The Balaban J connectivity index is 2.66. The van der Waals surface area contributed by atoms with Gasteiger partial charge in [0, 0.05) is 29.2 Å². The Kier molecular flexibility index (Phi) is 6.15. The first-order chi connectivity index (χ1) is 9.51. The van der Waals surface area contributed by atoms with Crippen LogP contribution in [0.4, 0.5) is 0 Å². The fourth-order valence-electron chi connectivity index (χ4n) is 1.45. The van der Waals surface area contributed by atoms with Crippen molar-refractivity contribution in [2.45, 2.75) is 37.6 Å². The van der Waals surface area contributed by atoms with Crippen LogP contribution in [0.15, 0.2) is 21.6 Å². The monoisotopic (exact) mass is 397 g/mol. The lowest BCUT2D eigenvalue weighted by molar-refractivity contribution is -0.122. The second-order valence-corrected chi connectivity index (χ2v) is 8.40. The van der Waals surface area contributed by atoms with Crippen LogP contribution in [0, 0.1) is 0 Å². The Morgan fingerprint density at radius 2 is 2.05 bits per heavy atom. The van der Waals surface area contributed by atoms with E-state index in [9.17, 15) is 13.2 Å². The van der Waals surface area contributed by atoms with Crippen LogP contribution in [0.25, 0.3) is 0 Å². The molecule has 0 saturated carbocycles. The fraction of sp³-hybridized carbons (Fsp3) is 0.500. The fourth-order valence-corrected chi connectivity index (χ4v) is 3.42. The molecule has 0 spiro atoms. The van der Waals surface area contributed by atoms with Gasteiger partial charge < -0.3 is 5.32 Å². The maximum atomic E-state index is 12.1. The van der Waals surface area contributed by atoms with Crippen molar-refractivity contribution in [3.63, 3.8) is 0 Å². The number of hydrogen-bond donors (Lipinski definition) is 2. The molecule has 1 amide bonds. The lowest BCUT2D eigenvalue weighted by atomic mass is 10.1. The molecule has 1 aromatic rings. The molecule has 9 heteroatoms. The van der Waals surface area contributed by atoms with E-state index < -0.39 is 10.0 Å². The second-order valence-electron chi connectivity index (χ2n) is 5.39. The van der Waals surface area contributed by atoms with Crippen molar-refractivity contribution in [2.24, 2.45) is 0 Å². The average Bonchev–Trinajstić information content (AvgIpc) is 2.29. The number of sulfonamides is 1. The number of pyridine rings is 1. The van der Waals surface area contributed by atoms with Crippen LogP contribution < -0.4 is 10.0 Å². The first kappa shape index (κ1) is 18.3. The van der Waals surface area contributed by atoms with Crippen molar-refractivity contribution in [1.82, 2.24) is 15.0 Å². The molecular formula is C12H17BrClN3O3S. The van der Waals surface area contributed by atoms with Crippen molar-refractivity contribution in [3.05, 3.63) is 21.9 Å². The molecular weight excluding hydrogens is 382 g/mol. The van der Waals surface area contributed by atoms with E-state index >= 15 is 0 Å². The maximum Gasteiger partial charge on any atom is 0.243 e. The summed E-state index contributed by atoms with van der Waals surface area (Å²) in [6.45, 7) is 5.53. The minimum absolute atomic E-state index is 0.0207. The van der Waals surface area contributed by atoms with Gasteiger partial charge in [-0.2, -0.15) is 0 Å². The van der Waals surface area contributed by atoms with Crippen LogP contribution in [-0.2, 0) is 14.8 Å². The minimum atomic E-state index is -3.81. The van der Waals surface area contributed by atoms with E-state index in [-0.39, 0.29) is 34.5 Å². The van der Waals surface area contributed by atoms with E-state index in [4.69, 9.17) is 11.6 Å². The van der Waals surface area contributed by atoms with Crippen molar-refractivity contribution in [3.8, 4) is 0 Å². The Labute approximate surface area is 137 Å². The molecule has 0 aliphatic rings. The normalized spacial score (nSPS) is 12.2. The first-order valence-corrected chi connectivity index (χ1v) is 8.78. The highest BCUT2D eigenvalue weighted by molar-refractivity contribution is 9.10. The number of carbonyl (C=O) groups is 1. The van der Waals surface area contributed by atoms with Gasteiger partial charge in [0.15, 0.2) is 0 Å². The van der Waals surface area contributed by atoms with Crippen LogP contribution in [0.5, 0.6) is 0 Å². The Bertz CT molecular complexity index is 629. The van der Waals surface area contributed by atoms with Crippen molar-refractivity contribution < 1.29 is 13.2 Å². The van der Waals surface area contributed by atoms with E-state index in [1.807, 2.05) is 20.8 Å². The lowest BCUT2D eigenvalue weighted by Gasteiger charge is -2.20. The van der Waals surface area contributed by atoms with E-state index in [1.54, 1.807) is 0 Å². The lowest BCUT2D eigenvalue weighted by Crippen LogP contribution is -2.41. The summed E-state index contributed by atoms with van der Waals surface area (Å²) in [4.78, 5) is 15.2. The molecule has 2 N–H and O–H groups in total. The van der Waals surface area contributed by atoms with Crippen LogP contribution in [0.2, 0.25) is 5.15 Å². The van der Waals surface area contributed by atoms with Crippen molar-refractivity contribution in [2.75, 3.05) is 6.54 Å². The molecule has 1 rings (SSSR count). The van der Waals surface area contributed by atoms with Gasteiger partial charge in [-0.05, 0) is 42.8 Å². The zero-order valence-electron chi connectivity index (χ0n) is 11.9. The number of rotatable bonds is 5. The smallest absolute Gasteiger partial charge is 0.243 e. The van der Waals surface area contributed by atoms with Crippen LogP contribution in [0.1, 0.15) is 27.2 Å².